The van der Waals surface area contributed by atoms with Crippen LogP contribution in [0.25, 0.3) is 0 Å². The van der Waals surface area contributed by atoms with Gasteiger partial charge in [0.25, 0.3) is 0 Å². The van der Waals surface area contributed by atoms with E-state index in [0.717, 1.165) is 35.5 Å². The molecule has 5 aliphatic rings. The lowest BCUT2D eigenvalue weighted by Gasteiger charge is -2.73. The summed E-state index contributed by atoms with van der Waals surface area (Å²) in [4.78, 5) is 0. The van der Waals surface area contributed by atoms with Crippen LogP contribution < -0.4 is 0 Å². The molecule has 184 valence electrons. The highest BCUT2D eigenvalue weighted by molar-refractivity contribution is 5.19. The van der Waals surface area contributed by atoms with Crippen LogP contribution in [-0.4, -0.2) is 0 Å². The summed E-state index contributed by atoms with van der Waals surface area (Å²) in [5, 5.41) is 0. The molecule has 5 saturated carbocycles. The van der Waals surface area contributed by atoms with Crippen molar-refractivity contribution in [2.24, 2.45) is 62.6 Å². The second-order valence-corrected chi connectivity index (χ2v) is 15.6. The molecule has 32 heavy (non-hydrogen) atoms. The summed E-state index contributed by atoms with van der Waals surface area (Å²) in [6, 6.07) is 0. The standard InChI is InChI=1S/C32H56/c1-9-11-22(2)23-14-19-29(5)24(23)15-20-31(7)26(29)12-13-27-30(6)18-10-17-28(3,4)25(30)16-21-32(27,31)8/h22-27H,9-21H2,1-8H3/t22?,23-,24?,25?,26?,27?,29-,30?,31?,32?/m0/s1. The molecule has 0 spiro atoms. The second kappa shape index (κ2) is 7.50. The average molecular weight is 441 g/mol. The van der Waals surface area contributed by atoms with Gasteiger partial charge in [-0.05, 0) is 127 Å². The van der Waals surface area contributed by atoms with E-state index in [4.69, 9.17) is 0 Å². The van der Waals surface area contributed by atoms with Crippen LogP contribution in [-0.2, 0) is 0 Å². The van der Waals surface area contributed by atoms with Gasteiger partial charge < -0.3 is 0 Å². The normalized spacial score (nSPS) is 55.3. The van der Waals surface area contributed by atoms with Crippen LogP contribution >= 0.6 is 0 Å². The highest BCUT2D eigenvalue weighted by Crippen LogP contribution is 2.78. The van der Waals surface area contributed by atoms with Gasteiger partial charge in [0.05, 0.1) is 0 Å². The minimum atomic E-state index is 0.559. The van der Waals surface area contributed by atoms with Crippen molar-refractivity contribution in [1.82, 2.24) is 0 Å². The van der Waals surface area contributed by atoms with Crippen LogP contribution in [0.1, 0.15) is 139 Å². The van der Waals surface area contributed by atoms with Gasteiger partial charge in [-0.15, -0.1) is 0 Å². The summed E-state index contributed by atoms with van der Waals surface area (Å²) in [7, 11) is 0. The van der Waals surface area contributed by atoms with Gasteiger partial charge in [-0.25, -0.2) is 0 Å². The Balaban J connectivity index is 1.48. The van der Waals surface area contributed by atoms with Crippen LogP contribution in [0.2, 0.25) is 0 Å². The maximum Gasteiger partial charge on any atom is -0.0235 e. The monoisotopic (exact) mass is 440 g/mol. The molecule has 0 aromatic carbocycles. The molecule has 5 fully saturated rings. The predicted octanol–water partition coefficient (Wildman–Crippen LogP) is 9.91. The van der Waals surface area contributed by atoms with E-state index in [1.54, 1.807) is 6.42 Å². The summed E-state index contributed by atoms with van der Waals surface area (Å²) >= 11 is 0. The molecule has 0 N–H and O–H groups in total. The highest BCUT2D eigenvalue weighted by atomic mass is 14.7. The predicted molar refractivity (Wildman–Crippen MR) is 139 cm³/mol. The van der Waals surface area contributed by atoms with Crippen molar-refractivity contribution in [3.63, 3.8) is 0 Å². The molecule has 0 aromatic rings. The SMILES string of the molecule is CCCC(C)[C@@H]1CC[C@@]2(C)C1CCC1(C)C2CCC2C3(C)CCCC(C)(C)C3CCC21C. The zero-order chi connectivity index (χ0) is 23.2. The Labute approximate surface area is 201 Å². The van der Waals surface area contributed by atoms with Crippen LogP contribution in [0.4, 0.5) is 0 Å². The van der Waals surface area contributed by atoms with E-state index in [9.17, 15) is 0 Å². The van der Waals surface area contributed by atoms with Gasteiger partial charge >= 0.3 is 0 Å². The smallest absolute Gasteiger partial charge is 0.0235 e. The average Bonchev–Trinajstić information content (AvgIpc) is 3.05. The molecular weight excluding hydrogens is 384 g/mol. The van der Waals surface area contributed by atoms with Gasteiger partial charge in [0.2, 0.25) is 0 Å². The third kappa shape index (κ3) is 2.92. The Morgan fingerprint density at radius 1 is 0.656 bits per heavy atom. The molecule has 0 saturated heterocycles. The van der Waals surface area contributed by atoms with Gasteiger partial charge in [-0.2, -0.15) is 0 Å². The van der Waals surface area contributed by atoms with Crippen molar-refractivity contribution in [3.8, 4) is 0 Å². The van der Waals surface area contributed by atoms with Gasteiger partial charge in [0, 0.05) is 0 Å². The second-order valence-electron chi connectivity index (χ2n) is 15.6. The number of fused-ring (bicyclic) bond motifs is 7. The molecule has 0 nitrogen and oxygen atoms in total. The van der Waals surface area contributed by atoms with E-state index in [2.05, 4.69) is 55.4 Å². The minimum Gasteiger partial charge on any atom is -0.0654 e. The van der Waals surface area contributed by atoms with E-state index in [-0.39, 0.29) is 0 Å². The number of hydrogen-bond donors (Lipinski definition) is 0. The molecule has 0 radical (unpaired) electrons. The molecule has 0 aromatic heterocycles. The Morgan fingerprint density at radius 3 is 1.94 bits per heavy atom. The summed E-state index contributed by atoms with van der Waals surface area (Å²) in [5.74, 6) is 5.88. The summed E-state index contributed by atoms with van der Waals surface area (Å²) in [6.45, 7) is 21.4. The summed E-state index contributed by atoms with van der Waals surface area (Å²) in [6.07, 6.45) is 19.5. The first-order chi connectivity index (χ1) is 14.9. The van der Waals surface area contributed by atoms with Crippen molar-refractivity contribution in [2.45, 2.75) is 139 Å². The van der Waals surface area contributed by atoms with E-state index >= 15 is 0 Å². The van der Waals surface area contributed by atoms with Crippen LogP contribution in [0.15, 0.2) is 0 Å². The first-order valence-electron chi connectivity index (χ1n) is 14.9. The van der Waals surface area contributed by atoms with Crippen molar-refractivity contribution in [3.05, 3.63) is 0 Å². The van der Waals surface area contributed by atoms with Crippen molar-refractivity contribution in [2.75, 3.05) is 0 Å². The summed E-state index contributed by atoms with van der Waals surface area (Å²) in [5.41, 5.74) is 2.91. The largest absolute Gasteiger partial charge is 0.0654 e. The number of hydrogen-bond acceptors (Lipinski definition) is 0. The molecular formula is C32H56. The van der Waals surface area contributed by atoms with Crippen LogP contribution in [0.5, 0.6) is 0 Å². The van der Waals surface area contributed by atoms with Gasteiger partial charge in [-0.3, -0.25) is 0 Å². The van der Waals surface area contributed by atoms with E-state index in [1.165, 1.54) is 77.0 Å². The van der Waals surface area contributed by atoms with E-state index in [1.807, 2.05) is 0 Å². The lowest BCUT2D eigenvalue weighted by molar-refractivity contribution is -0.241. The van der Waals surface area contributed by atoms with Gasteiger partial charge in [-0.1, -0.05) is 74.7 Å². The lowest BCUT2D eigenvalue weighted by Crippen LogP contribution is -2.65. The fraction of sp³-hybridized carbons (Fsp3) is 1.00. The zero-order valence-corrected chi connectivity index (χ0v) is 23.2. The first-order valence-corrected chi connectivity index (χ1v) is 14.9. The van der Waals surface area contributed by atoms with Gasteiger partial charge in [0.1, 0.15) is 0 Å². The van der Waals surface area contributed by atoms with Crippen LogP contribution in [0, 0.1) is 62.6 Å². The molecule has 0 aliphatic heterocycles. The zero-order valence-electron chi connectivity index (χ0n) is 23.2. The molecule has 0 bridgehead atoms. The lowest BCUT2D eigenvalue weighted by atomic mass is 9.32. The van der Waals surface area contributed by atoms with Gasteiger partial charge in [0.15, 0.2) is 0 Å². The number of rotatable bonds is 3. The molecule has 10 atom stereocenters. The Bertz CT molecular complexity index is 720. The Hall–Kier alpha value is 0. The Morgan fingerprint density at radius 2 is 1.28 bits per heavy atom. The Kier molecular flexibility index (Phi) is 5.56. The van der Waals surface area contributed by atoms with Crippen molar-refractivity contribution < 1.29 is 0 Å². The quantitative estimate of drug-likeness (QED) is 0.409. The summed E-state index contributed by atoms with van der Waals surface area (Å²) < 4.78 is 0. The van der Waals surface area contributed by atoms with E-state index < -0.39 is 0 Å². The first kappa shape index (κ1) is 23.7. The third-order valence-electron chi connectivity index (χ3n) is 14.2. The third-order valence-corrected chi connectivity index (χ3v) is 14.2. The molecule has 5 rings (SSSR count). The van der Waals surface area contributed by atoms with Crippen molar-refractivity contribution >= 4 is 0 Å². The molecule has 0 heteroatoms. The van der Waals surface area contributed by atoms with E-state index in [0.29, 0.717) is 27.1 Å². The topological polar surface area (TPSA) is 0 Å². The highest BCUT2D eigenvalue weighted by Gasteiger charge is 2.70. The maximum atomic E-state index is 2.83. The molecule has 5 aliphatic carbocycles. The van der Waals surface area contributed by atoms with Crippen molar-refractivity contribution in [1.29, 1.82) is 0 Å². The molecule has 0 heterocycles. The van der Waals surface area contributed by atoms with Crippen LogP contribution in [0.3, 0.4) is 0 Å². The fourth-order valence-electron chi connectivity index (χ4n) is 12.7. The fourth-order valence-corrected chi connectivity index (χ4v) is 12.7. The molecule has 0 amide bonds. The maximum absolute atomic E-state index is 2.83. The minimum absolute atomic E-state index is 0.559. The molecule has 8 unspecified atom stereocenters.